The van der Waals surface area contributed by atoms with Crippen molar-refractivity contribution in [1.82, 2.24) is 19.2 Å². The zero-order chi connectivity index (χ0) is 23.5. The molecule has 1 amide bonds. The van der Waals surface area contributed by atoms with Crippen LogP contribution in [-0.2, 0) is 17.8 Å². The van der Waals surface area contributed by atoms with Gasteiger partial charge >= 0.3 is 0 Å². The summed E-state index contributed by atoms with van der Waals surface area (Å²) in [7, 11) is 0. The Morgan fingerprint density at radius 3 is 2.64 bits per heavy atom. The van der Waals surface area contributed by atoms with Gasteiger partial charge in [-0.15, -0.1) is 11.7 Å². The minimum atomic E-state index is -0.274. The predicted molar refractivity (Wildman–Crippen MR) is 131 cm³/mol. The van der Waals surface area contributed by atoms with Crippen molar-refractivity contribution >= 4 is 29.0 Å². The molecule has 2 heterocycles. The summed E-state index contributed by atoms with van der Waals surface area (Å²) in [6, 6.07) is 14.9. The molecule has 0 aliphatic carbocycles. The van der Waals surface area contributed by atoms with Crippen LogP contribution < -0.4 is 10.9 Å². The van der Waals surface area contributed by atoms with Crippen LogP contribution in [0.15, 0.2) is 66.0 Å². The molecule has 0 bridgehead atoms. The van der Waals surface area contributed by atoms with E-state index >= 15 is 0 Å². The lowest BCUT2D eigenvalue weighted by Gasteiger charge is -2.14. The topological polar surface area (TPSA) is 81.3 Å². The molecule has 0 saturated carbocycles. The number of aryl methyl sites for hydroxylation is 1. The molecule has 0 aliphatic heterocycles. The number of nitrogens with zero attached hydrogens (tertiary/aromatic N) is 4. The van der Waals surface area contributed by atoms with Gasteiger partial charge in [0.1, 0.15) is 0 Å². The van der Waals surface area contributed by atoms with Crippen molar-refractivity contribution in [3.63, 3.8) is 0 Å². The number of nitrogens with one attached hydrogen (secondary N) is 1. The van der Waals surface area contributed by atoms with Gasteiger partial charge in [-0.25, -0.2) is 0 Å². The van der Waals surface area contributed by atoms with E-state index in [1.54, 1.807) is 18.2 Å². The van der Waals surface area contributed by atoms with E-state index in [1.165, 1.54) is 4.52 Å². The molecule has 2 aromatic carbocycles. The maximum atomic E-state index is 13.3. The largest absolute Gasteiger partial charge is 0.326 e. The van der Waals surface area contributed by atoms with Crippen molar-refractivity contribution in [3.8, 4) is 11.4 Å². The second-order valence-electron chi connectivity index (χ2n) is 7.79. The van der Waals surface area contributed by atoms with Gasteiger partial charge in [-0.3, -0.25) is 9.59 Å². The van der Waals surface area contributed by atoms with Gasteiger partial charge in [0.25, 0.3) is 5.56 Å². The van der Waals surface area contributed by atoms with Crippen LogP contribution in [0, 0.1) is 13.8 Å². The number of anilines is 1. The van der Waals surface area contributed by atoms with Gasteiger partial charge in [-0.05, 0) is 38.0 Å². The Kier molecular flexibility index (Phi) is 6.42. The summed E-state index contributed by atoms with van der Waals surface area (Å²) in [5, 5.41) is 7.89. The van der Waals surface area contributed by atoms with Gasteiger partial charge in [-0.2, -0.15) is 9.50 Å². The Morgan fingerprint density at radius 1 is 1.18 bits per heavy atom. The molecule has 0 atom stereocenters. The Balaban J connectivity index is 1.65. The average molecular weight is 462 g/mol. The van der Waals surface area contributed by atoms with Crippen LogP contribution >= 0.6 is 11.6 Å². The maximum Gasteiger partial charge on any atom is 0.279 e. The smallest absolute Gasteiger partial charge is 0.279 e. The van der Waals surface area contributed by atoms with E-state index in [4.69, 9.17) is 11.6 Å². The molecule has 0 fully saturated rings. The van der Waals surface area contributed by atoms with E-state index in [9.17, 15) is 9.59 Å². The summed E-state index contributed by atoms with van der Waals surface area (Å²) in [5.41, 5.74) is 3.36. The van der Waals surface area contributed by atoms with Crippen molar-refractivity contribution in [2.24, 2.45) is 0 Å². The number of carbonyl (C=O) groups is 1. The molecule has 2 aromatic heterocycles. The highest BCUT2D eigenvalue weighted by Gasteiger charge is 2.19. The first-order valence-corrected chi connectivity index (χ1v) is 11.0. The number of hydrogen-bond donors (Lipinski definition) is 1. The third-order valence-electron chi connectivity index (χ3n) is 5.52. The Hall–Kier alpha value is -3.71. The fraction of sp³-hybridized carbons (Fsp3) is 0.200. The molecular weight excluding hydrogens is 438 g/mol. The third kappa shape index (κ3) is 4.59. The molecular formula is C25H24ClN5O2. The molecule has 0 saturated heterocycles. The second kappa shape index (κ2) is 9.42. The number of rotatable bonds is 7. The lowest BCUT2D eigenvalue weighted by Crippen LogP contribution is -2.27. The van der Waals surface area contributed by atoms with E-state index < -0.39 is 0 Å². The van der Waals surface area contributed by atoms with Gasteiger partial charge in [0.2, 0.25) is 11.7 Å². The standard InChI is InChI=1S/C25H24ClN5O2/c1-4-14-30-17(3)20(12-13-22(32)27-19-11-10-16(2)21(26)15-19)24(33)31-25(30)28-23(29-31)18-8-6-5-7-9-18/h4-11,15H,1,12-14H2,2-3H3,(H,27,32). The first-order valence-electron chi connectivity index (χ1n) is 10.6. The van der Waals surface area contributed by atoms with Crippen LogP contribution in [0.25, 0.3) is 17.2 Å². The number of amides is 1. The molecule has 8 heteroatoms. The van der Waals surface area contributed by atoms with Crippen molar-refractivity contribution in [3.05, 3.63) is 93.4 Å². The van der Waals surface area contributed by atoms with E-state index in [-0.39, 0.29) is 24.3 Å². The normalized spacial score (nSPS) is 11.0. The molecule has 0 aliphatic rings. The van der Waals surface area contributed by atoms with Gasteiger partial charge in [0.15, 0.2) is 5.82 Å². The Bertz CT molecular complexity index is 1410. The summed E-state index contributed by atoms with van der Waals surface area (Å²) in [5.74, 6) is 0.711. The predicted octanol–water partition coefficient (Wildman–Crippen LogP) is 4.59. The molecule has 0 spiro atoms. The lowest BCUT2D eigenvalue weighted by molar-refractivity contribution is -0.116. The van der Waals surface area contributed by atoms with E-state index in [0.29, 0.717) is 34.4 Å². The van der Waals surface area contributed by atoms with Crippen molar-refractivity contribution in [1.29, 1.82) is 0 Å². The zero-order valence-corrected chi connectivity index (χ0v) is 19.3. The third-order valence-corrected chi connectivity index (χ3v) is 5.93. The van der Waals surface area contributed by atoms with Crippen LogP contribution in [0.4, 0.5) is 5.69 Å². The molecule has 33 heavy (non-hydrogen) atoms. The highest BCUT2D eigenvalue weighted by Crippen LogP contribution is 2.21. The molecule has 4 aromatic rings. The van der Waals surface area contributed by atoms with Gasteiger partial charge in [0, 0.05) is 40.5 Å². The van der Waals surface area contributed by atoms with Crippen LogP contribution in [0.3, 0.4) is 0 Å². The van der Waals surface area contributed by atoms with Gasteiger partial charge in [-0.1, -0.05) is 54.1 Å². The average Bonchev–Trinajstić information content (AvgIpc) is 3.25. The summed E-state index contributed by atoms with van der Waals surface area (Å²) < 4.78 is 3.20. The number of allylic oxidation sites excluding steroid dienone is 1. The lowest BCUT2D eigenvalue weighted by atomic mass is 10.1. The zero-order valence-electron chi connectivity index (χ0n) is 18.5. The minimum Gasteiger partial charge on any atom is -0.326 e. The first kappa shape index (κ1) is 22.5. The summed E-state index contributed by atoms with van der Waals surface area (Å²) in [6.07, 6.45) is 2.15. The number of aromatic nitrogens is 4. The van der Waals surface area contributed by atoms with Crippen LogP contribution in [0.5, 0.6) is 0 Å². The van der Waals surface area contributed by atoms with Gasteiger partial charge in [0.05, 0.1) is 0 Å². The fourth-order valence-corrected chi connectivity index (χ4v) is 3.87. The summed E-state index contributed by atoms with van der Waals surface area (Å²) >= 11 is 6.14. The van der Waals surface area contributed by atoms with Gasteiger partial charge < -0.3 is 9.88 Å². The quantitative estimate of drug-likeness (QED) is 0.408. The van der Waals surface area contributed by atoms with Crippen LogP contribution in [0.2, 0.25) is 5.02 Å². The summed E-state index contributed by atoms with van der Waals surface area (Å²) in [4.78, 5) is 30.4. The van der Waals surface area contributed by atoms with Crippen LogP contribution in [0.1, 0.15) is 23.2 Å². The van der Waals surface area contributed by atoms with Crippen molar-refractivity contribution < 1.29 is 4.79 Å². The van der Waals surface area contributed by atoms with E-state index in [2.05, 4.69) is 22.0 Å². The number of benzene rings is 2. The molecule has 0 unspecified atom stereocenters. The van der Waals surface area contributed by atoms with Crippen molar-refractivity contribution in [2.45, 2.75) is 33.2 Å². The maximum absolute atomic E-state index is 13.3. The van der Waals surface area contributed by atoms with E-state index in [1.807, 2.05) is 54.8 Å². The molecule has 7 nitrogen and oxygen atoms in total. The first-order chi connectivity index (χ1) is 15.9. The number of hydrogen-bond acceptors (Lipinski definition) is 4. The number of halogens is 1. The molecule has 1 N–H and O–H groups in total. The number of fused-ring (bicyclic) bond motifs is 1. The monoisotopic (exact) mass is 461 g/mol. The Labute approximate surface area is 196 Å². The highest BCUT2D eigenvalue weighted by molar-refractivity contribution is 6.31. The van der Waals surface area contributed by atoms with Crippen molar-refractivity contribution in [2.75, 3.05) is 5.32 Å². The number of carbonyl (C=O) groups excluding carboxylic acids is 1. The molecule has 4 rings (SSSR count). The van der Waals surface area contributed by atoms with Crippen LogP contribution in [-0.4, -0.2) is 25.1 Å². The summed E-state index contributed by atoms with van der Waals surface area (Å²) in [6.45, 7) is 8.04. The SMILES string of the molecule is C=CCn1c(C)c(CCC(=O)Nc2ccc(C)c(Cl)c2)c(=O)n2nc(-c3ccccc3)nc12. The minimum absolute atomic E-state index is 0.140. The Morgan fingerprint density at radius 2 is 1.94 bits per heavy atom. The molecule has 0 radical (unpaired) electrons. The second-order valence-corrected chi connectivity index (χ2v) is 8.20. The fourth-order valence-electron chi connectivity index (χ4n) is 3.69. The highest BCUT2D eigenvalue weighted by atomic mass is 35.5. The van der Waals surface area contributed by atoms with E-state index in [0.717, 1.165) is 16.8 Å². The molecule has 168 valence electrons.